The van der Waals surface area contributed by atoms with Gasteiger partial charge in [0.2, 0.25) is 0 Å². The molecule has 2 aromatic rings. The van der Waals surface area contributed by atoms with E-state index in [1.54, 1.807) is 36.9 Å². The molecule has 0 amide bonds. The van der Waals surface area contributed by atoms with Crippen LogP contribution < -0.4 is 10.9 Å². The van der Waals surface area contributed by atoms with Gasteiger partial charge in [0.15, 0.2) is 0 Å². The van der Waals surface area contributed by atoms with E-state index in [0.29, 0.717) is 25.3 Å². The number of methoxy groups -OCH3 is 1. The molecule has 5 heteroatoms. The van der Waals surface area contributed by atoms with Gasteiger partial charge in [-0.15, -0.1) is 0 Å². The van der Waals surface area contributed by atoms with Crippen molar-refractivity contribution < 1.29 is 9.13 Å². The van der Waals surface area contributed by atoms with Crippen molar-refractivity contribution in [1.29, 1.82) is 0 Å². The van der Waals surface area contributed by atoms with Crippen LogP contribution in [0.2, 0.25) is 0 Å². The molecule has 1 heterocycles. The first-order valence-corrected chi connectivity index (χ1v) is 6.78. The smallest absolute Gasteiger partial charge is 0.250 e. The van der Waals surface area contributed by atoms with Crippen LogP contribution in [0.3, 0.4) is 0 Å². The SMILES string of the molecule is COCCn1cc(NCc2ccc(F)c(C)c2)ccc1=O. The molecule has 0 spiro atoms. The van der Waals surface area contributed by atoms with Gasteiger partial charge < -0.3 is 14.6 Å². The van der Waals surface area contributed by atoms with Crippen LogP contribution >= 0.6 is 0 Å². The highest BCUT2D eigenvalue weighted by Gasteiger charge is 2.01. The van der Waals surface area contributed by atoms with E-state index in [4.69, 9.17) is 4.74 Å². The molecule has 0 radical (unpaired) electrons. The fourth-order valence-corrected chi connectivity index (χ4v) is 2.02. The summed E-state index contributed by atoms with van der Waals surface area (Å²) in [5.74, 6) is -0.202. The van der Waals surface area contributed by atoms with Gasteiger partial charge in [-0.05, 0) is 30.2 Å². The first-order valence-electron chi connectivity index (χ1n) is 6.78. The topological polar surface area (TPSA) is 43.3 Å². The Hall–Kier alpha value is -2.14. The Morgan fingerprint density at radius 2 is 2.10 bits per heavy atom. The number of anilines is 1. The number of nitrogens with zero attached hydrogens (tertiary/aromatic N) is 1. The molecule has 112 valence electrons. The fraction of sp³-hybridized carbons (Fsp3) is 0.312. The van der Waals surface area contributed by atoms with Crippen molar-refractivity contribution in [3.05, 3.63) is 63.8 Å². The largest absolute Gasteiger partial charge is 0.383 e. The normalized spacial score (nSPS) is 10.6. The number of hydrogen-bond donors (Lipinski definition) is 1. The highest BCUT2D eigenvalue weighted by atomic mass is 19.1. The van der Waals surface area contributed by atoms with Gasteiger partial charge in [-0.1, -0.05) is 12.1 Å². The fourth-order valence-electron chi connectivity index (χ4n) is 2.02. The van der Waals surface area contributed by atoms with E-state index >= 15 is 0 Å². The quantitative estimate of drug-likeness (QED) is 0.889. The van der Waals surface area contributed by atoms with E-state index < -0.39 is 0 Å². The summed E-state index contributed by atoms with van der Waals surface area (Å²) in [6, 6.07) is 8.28. The van der Waals surface area contributed by atoms with Gasteiger partial charge in [-0.25, -0.2) is 4.39 Å². The summed E-state index contributed by atoms with van der Waals surface area (Å²) in [4.78, 5) is 11.7. The maximum atomic E-state index is 13.2. The second-order valence-corrected chi connectivity index (χ2v) is 4.88. The molecule has 0 aliphatic heterocycles. The first kappa shape index (κ1) is 15.3. The zero-order valence-corrected chi connectivity index (χ0v) is 12.2. The van der Waals surface area contributed by atoms with Crippen molar-refractivity contribution in [3.8, 4) is 0 Å². The Bertz CT molecular complexity index is 668. The summed E-state index contributed by atoms with van der Waals surface area (Å²) in [5, 5.41) is 3.23. The minimum Gasteiger partial charge on any atom is -0.383 e. The Kier molecular flexibility index (Phi) is 5.11. The van der Waals surface area contributed by atoms with Crippen LogP contribution in [0.25, 0.3) is 0 Å². The lowest BCUT2D eigenvalue weighted by Crippen LogP contribution is -2.21. The van der Waals surface area contributed by atoms with Gasteiger partial charge in [0.1, 0.15) is 5.82 Å². The van der Waals surface area contributed by atoms with E-state index in [-0.39, 0.29) is 11.4 Å². The highest BCUT2D eigenvalue weighted by molar-refractivity contribution is 5.41. The number of benzene rings is 1. The van der Waals surface area contributed by atoms with Gasteiger partial charge in [0, 0.05) is 32.5 Å². The van der Waals surface area contributed by atoms with Gasteiger partial charge >= 0.3 is 0 Å². The standard InChI is InChI=1S/C16H19FN2O2/c1-12-9-13(3-5-15(12)17)10-18-14-4-6-16(20)19(11-14)7-8-21-2/h3-6,9,11,18H,7-8,10H2,1-2H3. The maximum absolute atomic E-state index is 13.2. The minimum atomic E-state index is -0.202. The van der Waals surface area contributed by atoms with Crippen LogP contribution in [-0.2, 0) is 17.8 Å². The molecular weight excluding hydrogens is 271 g/mol. The molecule has 1 aromatic heterocycles. The summed E-state index contributed by atoms with van der Waals surface area (Å²) in [6.45, 7) is 3.31. The Morgan fingerprint density at radius 1 is 1.29 bits per heavy atom. The van der Waals surface area contributed by atoms with Crippen molar-refractivity contribution in [1.82, 2.24) is 4.57 Å². The van der Waals surface area contributed by atoms with E-state index in [2.05, 4.69) is 5.32 Å². The summed E-state index contributed by atoms with van der Waals surface area (Å²) in [5.41, 5.74) is 2.39. The van der Waals surface area contributed by atoms with E-state index in [9.17, 15) is 9.18 Å². The van der Waals surface area contributed by atoms with Crippen molar-refractivity contribution in [2.75, 3.05) is 19.0 Å². The Labute approximate surface area is 123 Å². The number of hydrogen-bond acceptors (Lipinski definition) is 3. The predicted octanol–water partition coefficient (Wildman–Crippen LogP) is 2.55. The van der Waals surface area contributed by atoms with Gasteiger partial charge in [0.25, 0.3) is 5.56 Å². The lowest BCUT2D eigenvalue weighted by molar-refractivity contribution is 0.186. The molecule has 0 fully saturated rings. The molecule has 0 saturated carbocycles. The van der Waals surface area contributed by atoms with Gasteiger partial charge in [0.05, 0.1) is 12.3 Å². The molecule has 0 bridgehead atoms. The van der Waals surface area contributed by atoms with E-state index in [1.807, 2.05) is 6.07 Å². The number of aromatic nitrogens is 1. The van der Waals surface area contributed by atoms with E-state index in [1.165, 1.54) is 12.1 Å². The second-order valence-electron chi connectivity index (χ2n) is 4.88. The molecule has 2 rings (SSSR count). The molecule has 1 N–H and O–H groups in total. The number of aryl methyl sites for hydroxylation is 1. The summed E-state index contributed by atoms with van der Waals surface area (Å²) in [6.07, 6.45) is 1.76. The third kappa shape index (κ3) is 4.16. The molecule has 0 aliphatic carbocycles. The Morgan fingerprint density at radius 3 is 2.81 bits per heavy atom. The molecule has 0 unspecified atom stereocenters. The summed E-state index contributed by atoms with van der Waals surface area (Å²) >= 11 is 0. The van der Waals surface area contributed by atoms with Crippen molar-refractivity contribution in [2.24, 2.45) is 0 Å². The second kappa shape index (κ2) is 7.04. The van der Waals surface area contributed by atoms with Crippen LogP contribution in [0.4, 0.5) is 10.1 Å². The highest BCUT2D eigenvalue weighted by Crippen LogP contribution is 2.11. The molecule has 21 heavy (non-hydrogen) atoms. The molecule has 4 nitrogen and oxygen atoms in total. The lowest BCUT2D eigenvalue weighted by atomic mass is 10.1. The molecular formula is C16H19FN2O2. The van der Waals surface area contributed by atoms with Crippen LogP contribution in [0, 0.1) is 12.7 Å². The number of halogens is 1. The monoisotopic (exact) mass is 290 g/mol. The van der Waals surface area contributed by atoms with Gasteiger partial charge in [-0.2, -0.15) is 0 Å². The maximum Gasteiger partial charge on any atom is 0.250 e. The lowest BCUT2D eigenvalue weighted by Gasteiger charge is -2.10. The predicted molar refractivity (Wildman–Crippen MR) is 81.0 cm³/mol. The summed E-state index contributed by atoms with van der Waals surface area (Å²) in [7, 11) is 1.60. The van der Waals surface area contributed by atoms with Crippen LogP contribution in [0.1, 0.15) is 11.1 Å². The van der Waals surface area contributed by atoms with Crippen molar-refractivity contribution in [2.45, 2.75) is 20.0 Å². The Balaban J connectivity index is 2.05. The van der Waals surface area contributed by atoms with Gasteiger partial charge in [-0.3, -0.25) is 4.79 Å². The van der Waals surface area contributed by atoms with Crippen molar-refractivity contribution in [3.63, 3.8) is 0 Å². The third-order valence-corrected chi connectivity index (χ3v) is 3.24. The average molecular weight is 290 g/mol. The zero-order valence-electron chi connectivity index (χ0n) is 12.2. The van der Waals surface area contributed by atoms with Crippen LogP contribution in [-0.4, -0.2) is 18.3 Å². The van der Waals surface area contributed by atoms with Crippen molar-refractivity contribution >= 4 is 5.69 Å². The van der Waals surface area contributed by atoms with Crippen LogP contribution in [0.15, 0.2) is 41.3 Å². The third-order valence-electron chi connectivity index (χ3n) is 3.24. The van der Waals surface area contributed by atoms with E-state index in [0.717, 1.165) is 11.3 Å². The molecule has 0 saturated heterocycles. The zero-order chi connectivity index (χ0) is 15.2. The molecule has 0 aliphatic rings. The average Bonchev–Trinajstić information content (AvgIpc) is 2.48. The minimum absolute atomic E-state index is 0.0600. The first-order chi connectivity index (χ1) is 10.1. The number of pyridine rings is 1. The summed E-state index contributed by atoms with van der Waals surface area (Å²) < 4.78 is 19.8. The molecule has 0 atom stereocenters. The number of nitrogens with one attached hydrogen (secondary N) is 1. The molecule has 1 aromatic carbocycles. The van der Waals surface area contributed by atoms with Crippen LogP contribution in [0.5, 0.6) is 0 Å². The number of rotatable bonds is 6. The number of ether oxygens (including phenoxy) is 1.